The number of hydrogen-bond donors (Lipinski definition) is 2. The highest BCUT2D eigenvalue weighted by atomic mass is 35.5. The molecule has 0 bridgehead atoms. The van der Waals surface area contributed by atoms with E-state index in [9.17, 15) is 19.5 Å². The van der Waals surface area contributed by atoms with Crippen LogP contribution in [0.1, 0.15) is 34.8 Å². The van der Waals surface area contributed by atoms with E-state index >= 15 is 0 Å². The Morgan fingerprint density at radius 2 is 1.71 bits per heavy atom. The largest absolute Gasteiger partial charge is 0.506 e. The Labute approximate surface area is 248 Å². The van der Waals surface area contributed by atoms with Gasteiger partial charge >= 0.3 is 5.97 Å². The molecule has 0 saturated carbocycles. The number of aromatic hydroxyl groups is 1. The van der Waals surface area contributed by atoms with E-state index in [0.29, 0.717) is 17.9 Å². The molecular weight excluding hydrogens is 558 g/mol. The second-order valence-corrected chi connectivity index (χ2v) is 9.62. The van der Waals surface area contributed by atoms with E-state index in [0.717, 1.165) is 16.3 Å². The van der Waals surface area contributed by atoms with E-state index < -0.39 is 5.91 Å². The molecule has 0 fully saturated rings. The predicted octanol–water partition coefficient (Wildman–Crippen LogP) is 5.32. The first kappa shape index (κ1) is 30.1. The number of phenols is 1. The average Bonchev–Trinajstić information content (AvgIpc) is 3.00. The standard InChI is InChI=1S/C32H30ClN3O6/c1-2-41-31(39)16-17-36(20-22-8-4-3-5-9-22)30(38)21-42-29-15-13-24(25-10-6-7-11-26(25)29)19-34-35-32(40)23-12-14-28(37)27(33)18-23/h3-15,18-19,37H,2,16-17,20-21H2,1H3,(H,35,40)/b34-19+. The lowest BCUT2D eigenvalue weighted by molar-refractivity contribution is -0.144. The fourth-order valence-electron chi connectivity index (χ4n) is 4.19. The van der Waals surface area contributed by atoms with Gasteiger partial charge in [-0.15, -0.1) is 0 Å². The third-order valence-corrected chi connectivity index (χ3v) is 6.61. The van der Waals surface area contributed by atoms with Gasteiger partial charge in [0.25, 0.3) is 11.8 Å². The zero-order valence-electron chi connectivity index (χ0n) is 23.0. The maximum absolute atomic E-state index is 13.2. The number of esters is 1. The number of nitrogens with zero attached hydrogens (tertiary/aromatic N) is 2. The van der Waals surface area contributed by atoms with Crippen LogP contribution in [0.5, 0.6) is 11.5 Å². The summed E-state index contributed by atoms with van der Waals surface area (Å²) in [5, 5.41) is 15.2. The molecule has 0 aromatic heterocycles. The molecule has 0 aliphatic carbocycles. The zero-order chi connectivity index (χ0) is 29.9. The normalized spacial score (nSPS) is 10.9. The van der Waals surface area contributed by atoms with Crippen LogP contribution in [0.15, 0.2) is 90.0 Å². The van der Waals surface area contributed by atoms with Gasteiger partial charge in [-0.2, -0.15) is 5.10 Å². The molecule has 0 saturated heterocycles. The average molecular weight is 588 g/mol. The van der Waals surface area contributed by atoms with Crippen molar-refractivity contribution in [2.24, 2.45) is 5.10 Å². The van der Waals surface area contributed by atoms with E-state index in [1.807, 2.05) is 54.6 Å². The number of halogens is 1. The van der Waals surface area contributed by atoms with Crippen LogP contribution < -0.4 is 10.2 Å². The molecule has 4 rings (SSSR count). The van der Waals surface area contributed by atoms with Gasteiger partial charge in [-0.25, -0.2) is 5.43 Å². The number of hydrazone groups is 1. The van der Waals surface area contributed by atoms with Crippen molar-refractivity contribution in [3.63, 3.8) is 0 Å². The molecule has 9 nitrogen and oxygen atoms in total. The number of nitrogens with one attached hydrogen (secondary N) is 1. The summed E-state index contributed by atoms with van der Waals surface area (Å²) in [6, 6.07) is 24.6. The SMILES string of the molecule is CCOC(=O)CCN(Cc1ccccc1)C(=O)COc1ccc(/C=N/NC(=O)c2ccc(O)c(Cl)c2)c2ccccc12. The summed E-state index contributed by atoms with van der Waals surface area (Å²) < 4.78 is 11.0. The van der Waals surface area contributed by atoms with Gasteiger partial charge in [0, 0.05) is 29.6 Å². The van der Waals surface area contributed by atoms with Gasteiger partial charge in [-0.05, 0) is 48.2 Å². The highest BCUT2D eigenvalue weighted by molar-refractivity contribution is 6.32. The number of carbonyl (C=O) groups excluding carboxylic acids is 3. The lowest BCUT2D eigenvalue weighted by Gasteiger charge is -2.23. The van der Waals surface area contributed by atoms with Crippen molar-refractivity contribution < 1.29 is 29.0 Å². The fraction of sp³-hybridized carbons (Fsp3) is 0.188. The van der Waals surface area contributed by atoms with Crippen LogP contribution in [-0.4, -0.2) is 53.8 Å². The number of carbonyl (C=O) groups is 3. The van der Waals surface area contributed by atoms with Gasteiger partial charge in [0.15, 0.2) is 6.61 Å². The number of benzene rings is 4. The van der Waals surface area contributed by atoms with Crippen LogP contribution >= 0.6 is 11.6 Å². The number of amides is 2. The first-order chi connectivity index (χ1) is 20.4. The van der Waals surface area contributed by atoms with E-state index in [2.05, 4.69) is 10.5 Å². The molecule has 0 aliphatic heterocycles. The molecule has 0 atom stereocenters. The fourth-order valence-corrected chi connectivity index (χ4v) is 4.37. The van der Waals surface area contributed by atoms with Crippen molar-refractivity contribution in [1.29, 1.82) is 0 Å². The smallest absolute Gasteiger partial charge is 0.307 e. The minimum atomic E-state index is -0.487. The number of ether oxygens (including phenoxy) is 2. The van der Waals surface area contributed by atoms with Crippen molar-refractivity contribution >= 4 is 46.4 Å². The van der Waals surface area contributed by atoms with Crippen LogP contribution in [0, 0.1) is 0 Å². The summed E-state index contributed by atoms with van der Waals surface area (Å²) in [6.45, 7) is 2.33. The van der Waals surface area contributed by atoms with Crippen LogP contribution in [0.25, 0.3) is 10.8 Å². The molecule has 0 radical (unpaired) electrons. The van der Waals surface area contributed by atoms with Crippen LogP contribution in [0.3, 0.4) is 0 Å². The monoisotopic (exact) mass is 587 g/mol. The highest BCUT2D eigenvalue weighted by Crippen LogP contribution is 2.28. The molecule has 0 heterocycles. The maximum atomic E-state index is 13.2. The van der Waals surface area contributed by atoms with Gasteiger partial charge < -0.3 is 19.5 Å². The van der Waals surface area contributed by atoms with Crippen molar-refractivity contribution in [3.05, 3.63) is 107 Å². The summed E-state index contributed by atoms with van der Waals surface area (Å²) in [5.41, 5.74) is 4.35. The Bertz CT molecular complexity index is 1590. The van der Waals surface area contributed by atoms with Gasteiger partial charge in [-0.3, -0.25) is 14.4 Å². The molecule has 0 unspecified atom stereocenters. The van der Waals surface area contributed by atoms with Gasteiger partial charge in [0.1, 0.15) is 11.5 Å². The zero-order valence-corrected chi connectivity index (χ0v) is 23.7. The van der Waals surface area contributed by atoms with Gasteiger partial charge in [0.2, 0.25) is 0 Å². The first-order valence-electron chi connectivity index (χ1n) is 13.3. The summed E-state index contributed by atoms with van der Waals surface area (Å²) in [6.07, 6.45) is 1.59. The maximum Gasteiger partial charge on any atom is 0.307 e. The molecule has 0 aliphatic rings. The Balaban J connectivity index is 1.45. The topological polar surface area (TPSA) is 118 Å². The van der Waals surface area contributed by atoms with Crippen molar-refractivity contribution in [2.45, 2.75) is 19.9 Å². The molecule has 216 valence electrons. The molecule has 2 amide bonds. The number of fused-ring (bicyclic) bond motifs is 1. The minimum absolute atomic E-state index is 0.0638. The molecule has 4 aromatic rings. The third kappa shape index (κ3) is 8.08. The van der Waals surface area contributed by atoms with Gasteiger partial charge in [0.05, 0.1) is 24.3 Å². The Morgan fingerprint density at radius 3 is 2.45 bits per heavy atom. The number of rotatable bonds is 12. The lowest BCUT2D eigenvalue weighted by atomic mass is 10.0. The molecule has 0 spiro atoms. The molecule has 42 heavy (non-hydrogen) atoms. The summed E-state index contributed by atoms with van der Waals surface area (Å²) in [4.78, 5) is 39.2. The quantitative estimate of drug-likeness (QED) is 0.132. The minimum Gasteiger partial charge on any atom is -0.506 e. The van der Waals surface area contributed by atoms with Crippen LogP contribution in [0.4, 0.5) is 0 Å². The first-order valence-corrected chi connectivity index (χ1v) is 13.7. The van der Waals surface area contributed by atoms with Gasteiger partial charge in [-0.1, -0.05) is 66.2 Å². The molecule has 4 aromatic carbocycles. The second kappa shape index (κ2) is 14.7. The van der Waals surface area contributed by atoms with Crippen molar-refractivity contribution in [3.8, 4) is 11.5 Å². The highest BCUT2D eigenvalue weighted by Gasteiger charge is 2.18. The van der Waals surface area contributed by atoms with E-state index in [4.69, 9.17) is 21.1 Å². The van der Waals surface area contributed by atoms with E-state index in [-0.39, 0.29) is 54.4 Å². The number of hydrogen-bond acceptors (Lipinski definition) is 7. The predicted molar refractivity (Wildman–Crippen MR) is 161 cm³/mol. The molecular formula is C32H30ClN3O6. The van der Waals surface area contributed by atoms with Crippen molar-refractivity contribution in [2.75, 3.05) is 19.8 Å². The summed E-state index contributed by atoms with van der Waals surface area (Å²) in [7, 11) is 0. The lowest BCUT2D eigenvalue weighted by Crippen LogP contribution is -2.36. The third-order valence-electron chi connectivity index (χ3n) is 6.31. The second-order valence-electron chi connectivity index (χ2n) is 9.21. The summed E-state index contributed by atoms with van der Waals surface area (Å²) in [5.74, 6) is -0.735. The molecule has 10 heteroatoms. The Kier molecular flexibility index (Phi) is 10.5. The van der Waals surface area contributed by atoms with Crippen LogP contribution in [-0.2, 0) is 20.9 Å². The Hall–Kier alpha value is -4.89. The van der Waals surface area contributed by atoms with Crippen LogP contribution in [0.2, 0.25) is 5.02 Å². The Morgan fingerprint density at radius 1 is 0.976 bits per heavy atom. The number of phenolic OH excluding ortho intramolecular Hbond substituents is 1. The summed E-state index contributed by atoms with van der Waals surface area (Å²) >= 11 is 5.88. The van der Waals surface area contributed by atoms with E-state index in [1.165, 1.54) is 24.4 Å². The van der Waals surface area contributed by atoms with Crippen molar-refractivity contribution in [1.82, 2.24) is 10.3 Å². The molecule has 2 N–H and O–H groups in total. The van der Waals surface area contributed by atoms with E-state index in [1.54, 1.807) is 24.0 Å².